The summed E-state index contributed by atoms with van der Waals surface area (Å²) >= 11 is 0. The zero-order valence-corrected chi connectivity index (χ0v) is 36.6. The second kappa shape index (κ2) is 12.7. The Kier molecular flexibility index (Phi) is 7.33. The van der Waals surface area contributed by atoms with E-state index in [4.69, 9.17) is 0 Å². The third-order valence-electron chi connectivity index (χ3n) is 14.1. The molecule has 3 aromatic heterocycles. The fraction of sp³-hybridized carbons (Fsp3) is 0.138. The van der Waals surface area contributed by atoms with Gasteiger partial charge in [0.2, 0.25) is 0 Å². The van der Waals surface area contributed by atoms with E-state index in [1.54, 1.807) is 0 Å². The van der Waals surface area contributed by atoms with Crippen LogP contribution in [-0.4, -0.2) is 20.5 Å². The zero-order valence-electron chi connectivity index (χ0n) is 36.6. The molecule has 0 atom stereocenters. The molecule has 0 bridgehead atoms. The average Bonchev–Trinajstić information content (AvgIpc) is 3.94. The van der Waals surface area contributed by atoms with Gasteiger partial charge < -0.3 is 18.5 Å². The van der Waals surface area contributed by atoms with Crippen LogP contribution in [0.5, 0.6) is 0 Å². The minimum Gasteiger partial charge on any atom is -0.374 e. The summed E-state index contributed by atoms with van der Waals surface area (Å²) < 4.78 is 7.79. The van der Waals surface area contributed by atoms with Crippen molar-refractivity contribution in [3.63, 3.8) is 0 Å². The second-order valence-electron chi connectivity index (χ2n) is 19.8. The van der Waals surface area contributed by atoms with Crippen LogP contribution < -0.4 is 16.0 Å². The summed E-state index contributed by atoms with van der Waals surface area (Å²) in [5.41, 5.74) is 19.9. The molecule has 63 heavy (non-hydrogen) atoms. The maximum atomic E-state index is 2.73. The number of nitrogens with zero attached hydrogens (tertiary/aromatic N) is 4. The van der Waals surface area contributed by atoms with E-state index in [1.807, 2.05) is 0 Å². The minimum atomic E-state index is -0.133. The van der Waals surface area contributed by atoms with E-state index in [1.165, 1.54) is 111 Å². The number of benzene rings is 8. The first-order chi connectivity index (χ1) is 30.6. The van der Waals surface area contributed by atoms with Gasteiger partial charge in [0.25, 0.3) is 0 Å². The Labute approximate surface area is 368 Å². The van der Waals surface area contributed by atoms with Gasteiger partial charge in [-0.1, -0.05) is 151 Å². The lowest BCUT2D eigenvalue weighted by atomic mass is 9.46. The van der Waals surface area contributed by atoms with E-state index in [2.05, 4.69) is 236 Å². The SMILES string of the molecule is CC(C)(C)c1ccc(N2c3cc(C(C)(C)C)cc4c3B(c3c2c2ccccc2n3-c2ccccc2)n2c3ccccc3c3c5c6ccccc6n(-c6ccccc6)c5cc-4c32)cc1. The smallest absolute Gasteiger partial charge is 0.351 e. The molecule has 11 aromatic rings. The fourth-order valence-electron chi connectivity index (χ4n) is 11.2. The Morgan fingerprint density at radius 3 is 1.59 bits per heavy atom. The molecule has 0 saturated heterocycles. The van der Waals surface area contributed by atoms with Crippen LogP contribution >= 0.6 is 0 Å². The summed E-state index contributed by atoms with van der Waals surface area (Å²) in [6.45, 7) is 13.9. The number of hydrogen-bond acceptors (Lipinski definition) is 1. The third kappa shape index (κ3) is 4.94. The van der Waals surface area contributed by atoms with Crippen molar-refractivity contribution in [1.29, 1.82) is 0 Å². The quantitative estimate of drug-likeness (QED) is 0.163. The summed E-state index contributed by atoms with van der Waals surface area (Å²) in [4.78, 5) is 2.61. The first-order valence-electron chi connectivity index (χ1n) is 22.4. The number of hydrogen-bond donors (Lipinski definition) is 0. The molecule has 0 aliphatic carbocycles. The van der Waals surface area contributed by atoms with Crippen molar-refractivity contribution in [2.45, 2.75) is 52.4 Å². The summed E-state index contributed by atoms with van der Waals surface area (Å²) in [6.07, 6.45) is 0. The van der Waals surface area contributed by atoms with Crippen LogP contribution in [0.1, 0.15) is 52.7 Å². The highest BCUT2D eigenvalue weighted by atomic mass is 15.2. The van der Waals surface area contributed by atoms with Crippen LogP contribution in [0.15, 0.2) is 176 Å². The van der Waals surface area contributed by atoms with Gasteiger partial charge >= 0.3 is 6.85 Å². The molecule has 13 rings (SSSR count). The van der Waals surface area contributed by atoms with Crippen LogP contribution in [0.2, 0.25) is 0 Å². The van der Waals surface area contributed by atoms with Crippen molar-refractivity contribution in [3.8, 4) is 22.5 Å². The van der Waals surface area contributed by atoms with Gasteiger partial charge in [-0.2, -0.15) is 0 Å². The van der Waals surface area contributed by atoms with Crippen molar-refractivity contribution in [1.82, 2.24) is 13.6 Å². The maximum Gasteiger partial charge on any atom is 0.351 e. The van der Waals surface area contributed by atoms with Crippen LogP contribution in [0, 0.1) is 0 Å². The van der Waals surface area contributed by atoms with Gasteiger partial charge in [-0.25, -0.2) is 0 Å². The van der Waals surface area contributed by atoms with Crippen LogP contribution in [0.3, 0.4) is 0 Å². The second-order valence-corrected chi connectivity index (χ2v) is 19.8. The monoisotopic (exact) mass is 810 g/mol. The van der Waals surface area contributed by atoms with Gasteiger partial charge in [-0.05, 0) is 99.7 Å². The highest BCUT2D eigenvalue weighted by Crippen LogP contribution is 2.52. The number of anilines is 3. The van der Waals surface area contributed by atoms with Gasteiger partial charge in [0.1, 0.15) is 0 Å². The number of rotatable bonds is 3. The summed E-state index contributed by atoms with van der Waals surface area (Å²) in [5.74, 6) is 0. The lowest BCUT2D eigenvalue weighted by molar-refractivity contribution is 0.590. The fourth-order valence-corrected chi connectivity index (χ4v) is 11.2. The molecule has 5 heterocycles. The molecule has 2 aliphatic rings. The van der Waals surface area contributed by atoms with Crippen LogP contribution in [0.25, 0.3) is 77.0 Å². The van der Waals surface area contributed by atoms with Gasteiger partial charge in [0.05, 0.1) is 22.2 Å². The third-order valence-corrected chi connectivity index (χ3v) is 14.1. The molecule has 0 spiro atoms. The molecule has 0 amide bonds. The average molecular weight is 811 g/mol. The topological polar surface area (TPSA) is 18.0 Å². The van der Waals surface area contributed by atoms with E-state index < -0.39 is 0 Å². The molecule has 0 saturated carbocycles. The summed E-state index contributed by atoms with van der Waals surface area (Å²) in [6, 6.07) is 66.2. The molecular formula is C58H47BN4. The van der Waals surface area contributed by atoms with E-state index in [0.717, 1.165) is 5.69 Å². The molecule has 0 fully saturated rings. The highest BCUT2D eigenvalue weighted by Gasteiger charge is 2.47. The molecule has 302 valence electrons. The standard InChI is InChI=1S/C58H47BN4/c1-57(2,3)36-29-31-40(32-30-36)61-50-34-37(58(4,5)6)33-44-45-35-49-51(41-23-13-16-26-46(41)60(49)38-19-9-7-10-20-38)52-42-24-14-18-28-48(42)63(54(45)52)59(53(44)50)56-55(61)43-25-15-17-27-47(43)62(56)39-21-11-8-12-22-39/h7-35H,1-6H3. The molecular weight excluding hydrogens is 763 g/mol. The highest BCUT2D eigenvalue weighted by molar-refractivity contribution is 6.90. The van der Waals surface area contributed by atoms with Crippen molar-refractivity contribution in [2.24, 2.45) is 0 Å². The van der Waals surface area contributed by atoms with Gasteiger partial charge in [0.15, 0.2) is 0 Å². The Balaban J connectivity index is 1.27. The molecule has 0 unspecified atom stereocenters. The molecule has 5 heteroatoms. The molecule has 4 nitrogen and oxygen atoms in total. The number of para-hydroxylation sites is 5. The van der Waals surface area contributed by atoms with Crippen molar-refractivity contribution >= 4 is 89.5 Å². The normalized spacial score (nSPS) is 13.5. The lowest BCUT2D eigenvalue weighted by Gasteiger charge is -2.41. The van der Waals surface area contributed by atoms with Gasteiger partial charge in [-0.15, -0.1) is 0 Å². The van der Waals surface area contributed by atoms with Crippen LogP contribution in [0.4, 0.5) is 17.1 Å². The largest absolute Gasteiger partial charge is 0.374 e. The molecule has 0 radical (unpaired) electrons. The van der Waals surface area contributed by atoms with Crippen molar-refractivity contribution in [3.05, 3.63) is 187 Å². The summed E-state index contributed by atoms with van der Waals surface area (Å²) in [5, 5.41) is 6.42. The summed E-state index contributed by atoms with van der Waals surface area (Å²) in [7, 11) is 0. The Morgan fingerprint density at radius 1 is 0.413 bits per heavy atom. The minimum absolute atomic E-state index is 0.0312. The number of aromatic nitrogens is 3. The van der Waals surface area contributed by atoms with Gasteiger partial charge in [0, 0.05) is 71.9 Å². The molecule has 0 N–H and O–H groups in total. The predicted octanol–water partition coefficient (Wildman–Crippen LogP) is 13.8. The number of fused-ring (bicyclic) bond motifs is 13. The zero-order chi connectivity index (χ0) is 42.5. The predicted molar refractivity (Wildman–Crippen MR) is 269 cm³/mol. The van der Waals surface area contributed by atoms with E-state index in [-0.39, 0.29) is 17.7 Å². The first kappa shape index (κ1) is 36.4. The van der Waals surface area contributed by atoms with E-state index in [0.29, 0.717) is 0 Å². The lowest BCUT2D eigenvalue weighted by Crippen LogP contribution is -2.58. The Bertz CT molecular complexity index is 3690. The van der Waals surface area contributed by atoms with E-state index >= 15 is 0 Å². The van der Waals surface area contributed by atoms with Crippen molar-refractivity contribution < 1.29 is 0 Å². The van der Waals surface area contributed by atoms with Crippen molar-refractivity contribution in [2.75, 3.05) is 4.90 Å². The van der Waals surface area contributed by atoms with Gasteiger partial charge in [-0.3, -0.25) is 0 Å². The Hall–Kier alpha value is -7.24. The molecule has 2 aliphatic heterocycles. The van der Waals surface area contributed by atoms with E-state index in [9.17, 15) is 0 Å². The van der Waals surface area contributed by atoms with Crippen LogP contribution in [-0.2, 0) is 10.8 Å². The Morgan fingerprint density at radius 2 is 0.952 bits per heavy atom. The first-order valence-corrected chi connectivity index (χ1v) is 22.4. The molecule has 8 aromatic carbocycles. The maximum absolute atomic E-state index is 2.73.